The van der Waals surface area contributed by atoms with Crippen LogP contribution >= 0.6 is 11.8 Å². The summed E-state index contributed by atoms with van der Waals surface area (Å²) in [5.41, 5.74) is 1.07. The largest absolute Gasteiger partial charge is 0.312 e. The van der Waals surface area contributed by atoms with Crippen molar-refractivity contribution in [3.8, 4) is 0 Å². The summed E-state index contributed by atoms with van der Waals surface area (Å²) in [6.45, 7) is 10.4. The summed E-state index contributed by atoms with van der Waals surface area (Å²) in [7, 11) is 0. The van der Waals surface area contributed by atoms with Gasteiger partial charge in [-0.2, -0.15) is 0 Å². The monoisotopic (exact) mass is 269 g/mol. The van der Waals surface area contributed by atoms with E-state index in [1.54, 1.807) is 12.1 Å². The van der Waals surface area contributed by atoms with Crippen molar-refractivity contribution in [1.82, 2.24) is 5.32 Å². The molecule has 0 fully saturated rings. The second-order valence-electron chi connectivity index (χ2n) is 5.11. The summed E-state index contributed by atoms with van der Waals surface area (Å²) >= 11 is 1.83. The fourth-order valence-electron chi connectivity index (χ4n) is 1.60. The van der Waals surface area contributed by atoms with Gasteiger partial charge in [0.05, 0.1) is 0 Å². The van der Waals surface area contributed by atoms with Gasteiger partial charge in [-0.1, -0.05) is 27.7 Å². The van der Waals surface area contributed by atoms with E-state index >= 15 is 0 Å². The first-order valence-corrected chi connectivity index (χ1v) is 7.56. The number of thioether (sulfide) groups is 1. The van der Waals surface area contributed by atoms with Gasteiger partial charge in [-0.05, 0) is 42.6 Å². The Balaban J connectivity index is 2.70. The predicted octanol–water partition coefficient (Wildman–Crippen LogP) is 4.46. The zero-order valence-corrected chi connectivity index (χ0v) is 12.6. The zero-order valence-electron chi connectivity index (χ0n) is 11.8. The molecule has 1 aromatic carbocycles. The van der Waals surface area contributed by atoms with Crippen LogP contribution in [-0.2, 0) is 6.54 Å². The fraction of sp³-hybridized carbons (Fsp3) is 0.600. The topological polar surface area (TPSA) is 12.0 Å². The molecule has 18 heavy (non-hydrogen) atoms. The van der Waals surface area contributed by atoms with Crippen LogP contribution in [0.5, 0.6) is 0 Å². The third kappa shape index (κ3) is 5.40. The van der Waals surface area contributed by atoms with Crippen LogP contribution in [0.15, 0.2) is 23.1 Å². The molecule has 102 valence electrons. The molecule has 3 heteroatoms. The lowest BCUT2D eigenvalue weighted by Crippen LogP contribution is -2.19. The summed E-state index contributed by atoms with van der Waals surface area (Å²) in [4.78, 5) is 1.20. The molecule has 0 aromatic heterocycles. The van der Waals surface area contributed by atoms with Crippen LogP contribution in [-0.4, -0.2) is 11.8 Å². The van der Waals surface area contributed by atoms with Gasteiger partial charge in [0.15, 0.2) is 0 Å². The highest BCUT2D eigenvalue weighted by Crippen LogP contribution is 2.28. The predicted molar refractivity (Wildman–Crippen MR) is 78.6 cm³/mol. The Morgan fingerprint density at radius 2 is 2.00 bits per heavy atom. The fourth-order valence-corrected chi connectivity index (χ4v) is 2.63. The Kier molecular flexibility index (Phi) is 6.72. The van der Waals surface area contributed by atoms with Crippen molar-refractivity contribution < 1.29 is 4.39 Å². The number of benzene rings is 1. The normalized spacial score (nSPS) is 13.0. The maximum atomic E-state index is 13.3. The van der Waals surface area contributed by atoms with E-state index in [-0.39, 0.29) is 5.82 Å². The molecule has 1 rings (SSSR count). The Hall–Kier alpha value is -0.540. The van der Waals surface area contributed by atoms with E-state index in [2.05, 4.69) is 33.0 Å². The van der Waals surface area contributed by atoms with Crippen LogP contribution in [0, 0.1) is 11.7 Å². The maximum absolute atomic E-state index is 13.3. The van der Waals surface area contributed by atoms with Gasteiger partial charge in [-0.15, -0.1) is 11.8 Å². The standard InChI is InChI=1S/C15H24FNS/c1-5-12(4)18-15-7-6-14(16)8-13(15)10-17-9-11(2)3/h6-8,11-12,17H,5,9-10H2,1-4H3. The van der Waals surface area contributed by atoms with Crippen LogP contribution in [0.2, 0.25) is 0 Å². The van der Waals surface area contributed by atoms with Crippen molar-refractivity contribution in [1.29, 1.82) is 0 Å². The molecule has 0 heterocycles. The Morgan fingerprint density at radius 1 is 1.28 bits per heavy atom. The third-order valence-corrected chi connectivity index (χ3v) is 4.18. The van der Waals surface area contributed by atoms with Gasteiger partial charge < -0.3 is 5.32 Å². The SMILES string of the molecule is CCC(C)Sc1ccc(F)cc1CNCC(C)C. The molecule has 1 unspecified atom stereocenters. The van der Waals surface area contributed by atoms with Gasteiger partial charge in [-0.25, -0.2) is 4.39 Å². The van der Waals surface area contributed by atoms with Gasteiger partial charge in [0.2, 0.25) is 0 Å². The van der Waals surface area contributed by atoms with Gasteiger partial charge in [0.25, 0.3) is 0 Å². The van der Waals surface area contributed by atoms with E-state index in [0.717, 1.165) is 25.1 Å². The second kappa shape index (κ2) is 7.80. The first kappa shape index (κ1) is 15.5. The lowest BCUT2D eigenvalue weighted by molar-refractivity contribution is 0.547. The van der Waals surface area contributed by atoms with Gasteiger partial charge in [0.1, 0.15) is 5.82 Å². The molecule has 1 nitrogen and oxygen atoms in total. The smallest absolute Gasteiger partial charge is 0.123 e. The molecule has 0 saturated heterocycles. The molecule has 0 spiro atoms. The number of rotatable bonds is 7. The number of hydrogen-bond acceptors (Lipinski definition) is 2. The highest BCUT2D eigenvalue weighted by Gasteiger charge is 2.08. The number of halogens is 1. The van der Waals surface area contributed by atoms with Crippen LogP contribution in [0.3, 0.4) is 0 Å². The Labute approximate surface area is 115 Å². The minimum atomic E-state index is -0.148. The van der Waals surface area contributed by atoms with Crippen molar-refractivity contribution in [2.75, 3.05) is 6.54 Å². The van der Waals surface area contributed by atoms with Crippen LogP contribution in [0.4, 0.5) is 4.39 Å². The molecule has 1 N–H and O–H groups in total. The molecule has 0 radical (unpaired) electrons. The number of hydrogen-bond donors (Lipinski definition) is 1. The quantitative estimate of drug-likeness (QED) is 0.733. The second-order valence-corrected chi connectivity index (χ2v) is 6.59. The van der Waals surface area contributed by atoms with E-state index in [9.17, 15) is 4.39 Å². The van der Waals surface area contributed by atoms with Gasteiger partial charge >= 0.3 is 0 Å². The molecule has 0 amide bonds. The molecular formula is C15H24FNS. The number of nitrogens with one attached hydrogen (secondary N) is 1. The van der Waals surface area contributed by atoms with Crippen LogP contribution in [0.1, 0.15) is 39.7 Å². The highest BCUT2D eigenvalue weighted by molar-refractivity contribution is 8.00. The zero-order chi connectivity index (χ0) is 13.5. The Bertz CT molecular complexity index is 366. The third-order valence-electron chi connectivity index (χ3n) is 2.79. The summed E-state index contributed by atoms with van der Waals surface area (Å²) in [5, 5.41) is 3.95. The van der Waals surface area contributed by atoms with Crippen LogP contribution in [0.25, 0.3) is 0 Å². The van der Waals surface area contributed by atoms with Crippen molar-refractivity contribution in [3.05, 3.63) is 29.6 Å². The maximum Gasteiger partial charge on any atom is 0.123 e. The average Bonchev–Trinajstić information content (AvgIpc) is 2.31. The van der Waals surface area contributed by atoms with Crippen molar-refractivity contribution >= 4 is 11.8 Å². The average molecular weight is 269 g/mol. The highest BCUT2D eigenvalue weighted by atomic mass is 32.2. The van der Waals surface area contributed by atoms with E-state index < -0.39 is 0 Å². The minimum absolute atomic E-state index is 0.148. The molecule has 0 aliphatic carbocycles. The van der Waals surface area contributed by atoms with E-state index in [1.807, 2.05) is 17.8 Å². The molecule has 1 atom stereocenters. The van der Waals surface area contributed by atoms with E-state index in [4.69, 9.17) is 0 Å². The first-order valence-electron chi connectivity index (χ1n) is 6.68. The molecule has 0 saturated carbocycles. The molecule has 1 aromatic rings. The molecular weight excluding hydrogens is 245 g/mol. The lowest BCUT2D eigenvalue weighted by Gasteiger charge is -2.14. The summed E-state index contributed by atoms with van der Waals surface area (Å²) < 4.78 is 13.3. The van der Waals surface area contributed by atoms with Crippen molar-refractivity contribution in [3.63, 3.8) is 0 Å². The van der Waals surface area contributed by atoms with E-state index in [0.29, 0.717) is 11.2 Å². The molecule has 0 aliphatic rings. The van der Waals surface area contributed by atoms with Gasteiger partial charge in [0, 0.05) is 16.7 Å². The summed E-state index contributed by atoms with van der Waals surface area (Å²) in [6, 6.07) is 5.10. The summed E-state index contributed by atoms with van der Waals surface area (Å²) in [6.07, 6.45) is 1.13. The van der Waals surface area contributed by atoms with Crippen LogP contribution < -0.4 is 5.32 Å². The van der Waals surface area contributed by atoms with Gasteiger partial charge in [-0.3, -0.25) is 0 Å². The lowest BCUT2D eigenvalue weighted by atomic mass is 10.2. The molecule has 0 aliphatic heterocycles. The summed E-state index contributed by atoms with van der Waals surface area (Å²) in [5.74, 6) is 0.467. The van der Waals surface area contributed by atoms with Crippen molar-refractivity contribution in [2.24, 2.45) is 5.92 Å². The Morgan fingerprint density at radius 3 is 2.61 bits per heavy atom. The first-order chi connectivity index (χ1) is 8.52. The molecule has 0 bridgehead atoms. The minimum Gasteiger partial charge on any atom is -0.312 e. The van der Waals surface area contributed by atoms with E-state index in [1.165, 1.54) is 4.90 Å². The van der Waals surface area contributed by atoms with Crippen molar-refractivity contribution in [2.45, 2.75) is 50.8 Å².